The number of morpholine rings is 1. The standard InChI is InChI=1S/C20H27F2N9O/c1-10(23)5-16(24)27-19-28-18(26-13(4)17-15(22)6-14(21)7-25-17)29-20(30-19)31-8-11(2)32-12(3)9-31/h5-7,11-13H,8-9,23H2,1-4H3,(H3,24,26,27,28,29,30)/b10-5-/t11-,12+,13-/m0/s1. The lowest BCUT2D eigenvalue weighted by atomic mass is 10.2. The number of halogens is 2. The highest BCUT2D eigenvalue weighted by Gasteiger charge is 2.25. The predicted octanol–water partition coefficient (Wildman–Crippen LogP) is 2.18. The van der Waals surface area contributed by atoms with Crippen molar-refractivity contribution in [3.05, 3.63) is 41.4 Å². The van der Waals surface area contributed by atoms with Crippen molar-refractivity contribution in [1.82, 2.24) is 19.9 Å². The maximum Gasteiger partial charge on any atom is 0.257 e. The van der Waals surface area contributed by atoms with Crippen molar-refractivity contribution in [3.63, 3.8) is 0 Å². The van der Waals surface area contributed by atoms with Crippen LogP contribution >= 0.6 is 0 Å². The highest BCUT2D eigenvalue weighted by Crippen LogP contribution is 2.23. The summed E-state index contributed by atoms with van der Waals surface area (Å²) in [6, 6.07) is 0.113. The van der Waals surface area contributed by atoms with E-state index in [0.29, 0.717) is 24.7 Å². The van der Waals surface area contributed by atoms with Gasteiger partial charge in [0.25, 0.3) is 5.95 Å². The summed E-state index contributed by atoms with van der Waals surface area (Å²) < 4.78 is 33.1. The molecule has 0 radical (unpaired) electrons. The number of ether oxygens (including phenoxy) is 1. The molecule has 0 amide bonds. The number of nitrogens with zero attached hydrogens (tertiary/aromatic N) is 6. The van der Waals surface area contributed by atoms with Gasteiger partial charge in [0.15, 0.2) is 0 Å². The van der Waals surface area contributed by atoms with Crippen LogP contribution in [0, 0.1) is 11.6 Å². The summed E-state index contributed by atoms with van der Waals surface area (Å²) >= 11 is 0. The zero-order valence-electron chi connectivity index (χ0n) is 18.4. The Morgan fingerprint density at radius 3 is 2.56 bits per heavy atom. The Morgan fingerprint density at radius 1 is 1.25 bits per heavy atom. The Kier molecular flexibility index (Phi) is 7.13. The van der Waals surface area contributed by atoms with Gasteiger partial charge in [-0.15, -0.1) is 0 Å². The molecule has 0 aliphatic carbocycles. The second kappa shape index (κ2) is 9.81. The first kappa shape index (κ1) is 23.3. The van der Waals surface area contributed by atoms with E-state index in [1.54, 1.807) is 13.8 Å². The molecule has 172 valence electrons. The van der Waals surface area contributed by atoms with Crippen LogP contribution < -0.4 is 21.7 Å². The van der Waals surface area contributed by atoms with Crippen molar-refractivity contribution >= 4 is 23.7 Å². The van der Waals surface area contributed by atoms with Crippen molar-refractivity contribution in [3.8, 4) is 0 Å². The molecule has 3 atom stereocenters. The van der Waals surface area contributed by atoms with E-state index in [1.807, 2.05) is 18.7 Å². The molecule has 3 heterocycles. The third-order valence-corrected chi connectivity index (χ3v) is 4.51. The van der Waals surface area contributed by atoms with Crippen molar-refractivity contribution in [2.24, 2.45) is 16.5 Å². The van der Waals surface area contributed by atoms with Gasteiger partial charge in [-0.3, -0.25) is 4.98 Å². The minimum atomic E-state index is -0.777. The number of nitrogens with two attached hydrogens (primary N) is 2. The molecule has 2 aromatic heterocycles. The molecule has 12 heteroatoms. The molecule has 2 aromatic rings. The van der Waals surface area contributed by atoms with Crippen LogP contribution in [0.25, 0.3) is 0 Å². The first-order valence-electron chi connectivity index (χ1n) is 10.1. The van der Waals surface area contributed by atoms with Gasteiger partial charge in [0, 0.05) is 24.9 Å². The quantitative estimate of drug-likeness (QED) is 0.449. The first-order chi connectivity index (χ1) is 15.1. The monoisotopic (exact) mass is 447 g/mol. The van der Waals surface area contributed by atoms with Gasteiger partial charge in [-0.2, -0.15) is 19.9 Å². The summed E-state index contributed by atoms with van der Waals surface area (Å²) in [5.74, 6) is -0.854. The topological polar surface area (TPSA) is 140 Å². The van der Waals surface area contributed by atoms with Gasteiger partial charge in [-0.25, -0.2) is 8.78 Å². The summed E-state index contributed by atoms with van der Waals surface area (Å²) in [7, 11) is 0. The summed E-state index contributed by atoms with van der Waals surface area (Å²) in [4.78, 5) is 23.1. The Bertz CT molecular complexity index is 1020. The number of hydrogen-bond donors (Lipinski definition) is 3. The van der Waals surface area contributed by atoms with E-state index in [-0.39, 0.29) is 35.6 Å². The van der Waals surface area contributed by atoms with Gasteiger partial charge in [0.05, 0.1) is 30.1 Å². The van der Waals surface area contributed by atoms with E-state index < -0.39 is 17.7 Å². The molecule has 1 fully saturated rings. The third-order valence-electron chi connectivity index (χ3n) is 4.51. The summed E-state index contributed by atoms with van der Waals surface area (Å²) in [6.45, 7) is 8.38. The molecule has 10 nitrogen and oxygen atoms in total. The second-order valence-electron chi connectivity index (χ2n) is 7.73. The van der Waals surface area contributed by atoms with E-state index >= 15 is 0 Å². The van der Waals surface area contributed by atoms with Crippen LogP contribution in [0.1, 0.15) is 39.4 Å². The average molecular weight is 447 g/mol. The minimum Gasteiger partial charge on any atom is -0.402 e. The van der Waals surface area contributed by atoms with E-state index in [9.17, 15) is 8.78 Å². The SMILES string of the molecule is C/C(N)=C/C(N)=N\c1nc(N[C@@H](C)c2ncc(F)cc2F)nc(N2C[C@@H](C)O[C@@H](C)C2)n1. The number of allylic oxidation sites excluding steroid dienone is 1. The maximum absolute atomic E-state index is 14.2. The van der Waals surface area contributed by atoms with E-state index in [4.69, 9.17) is 16.2 Å². The van der Waals surface area contributed by atoms with Crippen molar-refractivity contribution in [2.75, 3.05) is 23.3 Å². The van der Waals surface area contributed by atoms with E-state index in [1.165, 1.54) is 6.08 Å². The fourth-order valence-corrected chi connectivity index (χ4v) is 3.34. The second-order valence-corrected chi connectivity index (χ2v) is 7.73. The number of amidine groups is 1. The van der Waals surface area contributed by atoms with Crippen LogP contribution in [0.15, 0.2) is 29.0 Å². The molecule has 3 rings (SSSR count). The summed E-state index contributed by atoms with van der Waals surface area (Å²) in [6.07, 6.45) is 2.38. The smallest absolute Gasteiger partial charge is 0.257 e. The van der Waals surface area contributed by atoms with Crippen molar-refractivity contribution in [1.29, 1.82) is 0 Å². The average Bonchev–Trinajstić information content (AvgIpc) is 2.66. The Labute approximate surface area is 184 Å². The highest BCUT2D eigenvalue weighted by molar-refractivity contribution is 5.93. The van der Waals surface area contributed by atoms with Gasteiger partial charge in [-0.05, 0) is 33.8 Å². The number of aliphatic imine (C=N–C) groups is 1. The van der Waals surface area contributed by atoms with Crippen LogP contribution in [-0.2, 0) is 4.74 Å². The number of hydrogen-bond acceptors (Lipinski definition) is 9. The molecule has 32 heavy (non-hydrogen) atoms. The molecule has 0 unspecified atom stereocenters. The maximum atomic E-state index is 14.2. The largest absolute Gasteiger partial charge is 0.402 e. The fourth-order valence-electron chi connectivity index (χ4n) is 3.34. The van der Waals surface area contributed by atoms with Crippen LogP contribution in [0.3, 0.4) is 0 Å². The summed E-state index contributed by atoms with van der Waals surface area (Å²) in [5, 5.41) is 2.98. The third kappa shape index (κ3) is 6.06. The first-order valence-corrected chi connectivity index (χ1v) is 10.1. The van der Waals surface area contributed by atoms with Gasteiger partial charge < -0.3 is 26.4 Å². The molecule has 1 aliphatic rings. The van der Waals surface area contributed by atoms with Gasteiger partial charge in [0.1, 0.15) is 17.5 Å². The Morgan fingerprint density at radius 2 is 1.94 bits per heavy atom. The summed E-state index contributed by atoms with van der Waals surface area (Å²) in [5.41, 5.74) is 12.0. The molecule has 0 bridgehead atoms. The highest BCUT2D eigenvalue weighted by atomic mass is 19.1. The normalized spacial score (nSPS) is 20.9. The number of pyridine rings is 1. The lowest BCUT2D eigenvalue weighted by molar-refractivity contribution is -0.00572. The van der Waals surface area contributed by atoms with Crippen molar-refractivity contribution in [2.45, 2.75) is 45.9 Å². The van der Waals surface area contributed by atoms with Gasteiger partial charge in [0.2, 0.25) is 11.9 Å². The lowest BCUT2D eigenvalue weighted by Crippen LogP contribution is -2.46. The van der Waals surface area contributed by atoms with E-state index in [2.05, 4.69) is 30.2 Å². The van der Waals surface area contributed by atoms with Crippen LogP contribution in [0.4, 0.5) is 26.6 Å². The number of aromatic nitrogens is 4. The number of rotatable bonds is 6. The molecular weight excluding hydrogens is 420 g/mol. The molecule has 1 saturated heterocycles. The van der Waals surface area contributed by atoms with Crippen LogP contribution in [0.5, 0.6) is 0 Å². The number of nitrogens with one attached hydrogen (secondary N) is 1. The fraction of sp³-hybridized carbons (Fsp3) is 0.450. The zero-order valence-corrected chi connectivity index (χ0v) is 18.4. The predicted molar refractivity (Wildman–Crippen MR) is 117 cm³/mol. The molecule has 1 aliphatic heterocycles. The van der Waals surface area contributed by atoms with Gasteiger partial charge in [-0.1, -0.05) is 0 Å². The zero-order chi connectivity index (χ0) is 23.4. The Hall–Kier alpha value is -3.41. The lowest BCUT2D eigenvalue weighted by Gasteiger charge is -2.35. The van der Waals surface area contributed by atoms with Crippen LogP contribution in [-0.4, -0.2) is 51.1 Å². The van der Waals surface area contributed by atoms with Crippen molar-refractivity contribution < 1.29 is 13.5 Å². The Balaban J connectivity index is 1.96. The molecule has 0 saturated carbocycles. The van der Waals surface area contributed by atoms with Crippen LogP contribution in [0.2, 0.25) is 0 Å². The molecule has 0 aromatic carbocycles. The molecule has 5 N–H and O–H groups in total. The minimum absolute atomic E-state index is 0.0215. The number of anilines is 2. The van der Waals surface area contributed by atoms with E-state index in [0.717, 1.165) is 12.3 Å². The van der Waals surface area contributed by atoms with Gasteiger partial charge >= 0.3 is 0 Å². The molecule has 0 spiro atoms. The molecular formula is C20H27F2N9O.